The Bertz CT molecular complexity index is 547. The van der Waals surface area contributed by atoms with Crippen LogP contribution in [0.3, 0.4) is 0 Å². The van der Waals surface area contributed by atoms with Gasteiger partial charge in [0.1, 0.15) is 0 Å². The predicted molar refractivity (Wildman–Crippen MR) is 83.0 cm³/mol. The normalized spacial score (nSPS) is 24.9. The summed E-state index contributed by atoms with van der Waals surface area (Å²) in [5.74, 6) is 0.426. The second kappa shape index (κ2) is 5.37. The van der Waals surface area contributed by atoms with Gasteiger partial charge in [0.05, 0.1) is 5.69 Å². The second-order valence-corrected chi connectivity index (χ2v) is 6.53. The molecule has 2 aliphatic heterocycles. The van der Waals surface area contributed by atoms with Crippen LogP contribution in [0.25, 0.3) is 0 Å². The van der Waals surface area contributed by atoms with E-state index in [4.69, 9.17) is 0 Å². The van der Waals surface area contributed by atoms with Crippen molar-refractivity contribution < 1.29 is 9.90 Å². The predicted octanol–water partition coefficient (Wildman–Crippen LogP) is 3.06. The fourth-order valence-electron chi connectivity index (χ4n) is 3.19. The summed E-state index contributed by atoms with van der Waals surface area (Å²) in [5.41, 5.74) is 2.51. The van der Waals surface area contributed by atoms with Crippen LogP contribution in [0.4, 0.5) is 11.4 Å². The summed E-state index contributed by atoms with van der Waals surface area (Å²) in [4.78, 5) is 13.9. The average molecular weight is 339 g/mol. The number of benzene rings is 1. The molecule has 20 heavy (non-hydrogen) atoms. The molecule has 2 N–H and O–H groups in total. The molecule has 0 radical (unpaired) electrons. The molecule has 1 fully saturated rings. The largest absolute Gasteiger partial charge is 0.378 e. The number of halogens is 1. The lowest BCUT2D eigenvalue weighted by Crippen LogP contribution is -2.20. The van der Waals surface area contributed by atoms with E-state index >= 15 is 0 Å². The number of carbonyl (C=O) groups excluding carboxylic acids is 1. The van der Waals surface area contributed by atoms with E-state index < -0.39 is 6.10 Å². The number of nitrogens with one attached hydrogen (secondary N) is 1. The van der Waals surface area contributed by atoms with Crippen molar-refractivity contribution in [3.05, 3.63) is 22.2 Å². The summed E-state index contributed by atoms with van der Waals surface area (Å²) in [6, 6.07) is 3.84. The summed E-state index contributed by atoms with van der Waals surface area (Å²) in [6.45, 7) is 4.35. The van der Waals surface area contributed by atoms with Gasteiger partial charge in [-0.2, -0.15) is 0 Å². The highest BCUT2D eigenvalue weighted by Crippen LogP contribution is 2.40. The number of rotatable bonds is 3. The molecule has 0 bridgehead atoms. The summed E-state index contributed by atoms with van der Waals surface area (Å²) in [5, 5.41) is 12.5. The molecule has 0 saturated carbocycles. The molecule has 4 nitrogen and oxygen atoms in total. The van der Waals surface area contributed by atoms with Gasteiger partial charge in [-0.1, -0.05) is 13.3 Å². The molecule has 3 rings (SSSR count). The maximum Gasteiger partial charge on any atom is 0.257 e. The zero-order valence-electron chi connectivity index (χ0n) is 11.5. The first-order valence-electron chi connectivity index (χ1n) is 7.17. The molecule has 0 spiro atoms. The van der Waals surface area contributed by atoms with Crippen LogP contribution in [0.2, 0.25) is 0 Å². The van der Waals surface area contributed by atoms with Crippen molar-refractivity contribution in [2.75, 3.05) is 23.3 Å². The topological polar surface area (TPSA) is 52.6 Å². The van der Waals surface area contributed by atoms with E-state index in [0.29, 0.717) is 5.56 Å². The molecule has 1 saturated heterocycles. The molecule has 2 aliphatic rings. The summed E-state index contributed by atoms with van der Waals surface area (Å²) >= 11 is 3.57. The third-order valence-corrected chi connectivity index (χ3v) is 4.88. The third kappa shape index (κ3) is 2.33. The van der Waals surface area contributed by atoms with E-state index in [0.717, 1.165) is 34.9 Å². The Morgan fingerprint density at radius 3 is 3.05 bits per heavy atom. The van der Waals surface area contributed by atoms with Crippen LogP contribution in [0.15, 0.2) is 16.6 Å². The number of hydrogen-bond acceptors (Lipinski definition) is 3. The van der Waals surface area contributed by atoms with E-state index in [1.807, 2.05) is 12.1 Å². The molecule has 0 aromatic heterocycles. The maximum absolute atomic E-state index is 11.5. The van der Waals surface area contributed by atoms with Crippen LogP contribution in [0, 0.1) is 5.92 Å². The van der Waals surface area contributed by atoms with Crippen LogP contribution in [0.1, 0.15) is 37.9 Å². The Balaban J connectivity index is 1.86. The standard InChI is InChI=1S/C15H19BrN2O2/c1-2-3-9-4-5-18(8-9)13-7-12-10(6-11(13)16)14(19)15(20)17-12/h6-7,9,14,19H,2-5,8H2,1H3,(H,17,20). The summed E-state index contributed by atoms with van der Waals surface area (Å²) < 4.78 is 0.948. The zero-order valence-corrected chi connectivity index (χ0v) is 13.1. The second-order valence-electron chi connectivity index (χ2n) is 5.67. The maximum atomic E-state index is 11.5. The Labute approximate surface area is 127 Å². The van der Waals surface area contributed by atoms with E-state index in [-0.39, 0.29) is 5.91 Å². The zero-order chi connectivity index (χ0) is 14.3. The number of hydrogen-bond donors (Lipinski definition) is 2. The van der Waals surface area contributed by atoms with Gasteiger partial charge in [-0.25, -0.2) is 0 Å². The number of aliphatic hydroxyl groups is 1. The van der Waals surface area contributed by atoms with E-state index in [9.17, 15) is 9.90 Å². The van der Waals surface area contributed by atoms with Gasteiger partial charge in [-0.05, 0) is 46.8 Å². The van der Waals surface area contributed by atoms with Crippen LogP contribution in [0.5, 0.6) is 0 Å². The van der Waals surface area contributed by atoms with Crippen molar-refractivity contribution in [1.82, 2.24) is 0 Å². The minimum absolute atomic E-state index is 0.339. The van der Waals surface area contributed by atoms with Gasteiger partial charge >= 0.3 is 0 Å². The van der Waals surface area contributed by atoms with E-state index in [1.165, 1.54) is 19.3 Å². The number of amides is 1. The van der Waals surface area contributed by atoms with Crippen molar-refractivity contribution >= 4 is 33.2 Å². The fourth-order valence-corrected chi connectivity index (χ4v) is 3.80. The molecule has 2 unspecified atom stereocenters. The van der Waals surface area contributed by atoms with Crippen molar-refractivity contribution in [2.45, 2.75) is 32.3 Å². The first kappa shape index (κ1) is 13.9. The summed E-state index contributed by atoms with van der Waals surface area (Å²) in [6.07, 6.45) is 2.69. The van der Waals surface area contributed by atoms with Gasteiger partial charge in [0.25, 0.3) is 5.91 Å². The molecule has 1 aromatic carbocycles. The number of aliphatic hydroxyl groups excluding tert-OH is 1. The molecular weight excluding hydrogens is 320 g/mol. The molecular formula is C15H19BrN2O2. The minimum atomic E-state index is -1.04. The van der Waals surface area contributed by atoms with E-state index in [2.05, 4.69) is 33.1 Å². The monoisotopic (exact) mass is 338 g/mol. The molecule has 1 aromatic rings. The van der Waals surface area contributed by atoms with Gasteiger partial charge in [0.2, 0.25) is 0 Å². The van der Waals surface area contributed by atoms with Gasteiger partial charge in [-0.3, -0.25) is 4.79 Å². The number of fused-ring (bicyclic) bond motifs is 1. The molecule has 108 valence electrons. The highest BCUT2D eigenvalue weighted by Gasteiger charge is 2.31. The Kier molecular flexibility index (Phi) is 3.73. The Morgan fingerprint density at radius 1 is 1.50 bits per heavy atom. The molecule has 2 atom stereocenters. The lowest BCUT2D eigenvalue weighted by Gasteiger charge is -2.21. The van der Waals surface area contributed by atoms with Gasteiger partial charge < -0.3 is 15.3 Å². The highest BCUT2D eigenvalue weighted by atomic mass is 79.9. The highest BCUT2D eigenvalue weighted by molar-refractivity contribution is 9.10. The van der Waals surface area contributed by atoms with Crippen molar-refractivity contribution in [2.24, 2.45) is 5.92 Å². The Hall–Kier alpha value is -1.07. The van der Waals surface area contributed by atoms with Crippen LogP contribution in [-0.2, 0) is 4.79 Å². The van der Waals surface area contributed by atoms with Gasteiger partial charge in [0, 0.05) is 28.8 Å². The van der Waals surface area contributed by atoms with Crippen LogP contribution < -0.4 is 10.2 Å². The van der Waals surface area contributed by atoms with Crippen molar-refractivity contribution in [3.8, 4) is 0 Å². The fraction of sp³-hybridized carbons (Fsp3) is 0.533. The quantitative estimate of drug-likeness (QED) is 0.890. The minimum Gasteiger partial charge on any atom is -0.378 e. The number of nitrogens with zero attached hydrogens (tertiary/aromatic N) is 1. The van der Waals surface area contributed by atoms with E-state index in [1.54, 1.807) is 0 Å². The number of carbonyl (C=O) groups is 1. The van der Waals surface area contributed by atoms with Gasteiger partial charge in [0.15, 0.2) is 6.10 Å². The first-order valence-corrected chi connectivity index (χ1v) is 7.96. The van der Waals surface area contributed by atoms with Crippen LogP contribution in [-0.4, -0.2) is 24.1 Å². The first-order chi connectivity index (χ1) is 9.60. The smallest absolute Gasteiger partial charge is 0.257 e. The average Bonchev–Trinajstić information content (AvgIpc) is 2.97. The Morgan fingerprint density at radius 2 is 2.30 bits per heavy atom. The lowest BCUT2D eigenvalue weighted by molar-refractivity contribution is -0.123. The van der Waals surface area contributed by atoms with Gasteiger partial charge in [-0.15, -0.1) is 0 Å². The van der Waals surface area contributed by atoms with Crippen molar-refractivity contribution in [3.63, 3.8) is 0 Å². The SMILES string of the molecule is CCCC1CCN(c2cc3c(cc2Br)C(O)C(=O)N3)C1. The summed E-state index contributed by atoms with van der Waals surface area (Å²) in [7, 11) is 0. The lowest BCUT2D eigenvalue weighted by atomic mass is 10.0. The molecule has 5 heteroatoms. The number of anilines is 2. The molecule has 2 heterocycles. The third-order valence-electron chi connectivity index (χ3n) is 4.24. The van der Waals surface area contributed by atoms with Crippen molar-refractivity contribution in [1.29, 1.82) is 0 Å². The van der Waals surface area contributed by atoms with Crippen LogP contribution >= 0.6 is 15.9 Å². The molecule has 0 aliphatic carbocycles. The molecule has 1 amide bonds.